The third kappa shape index (κ3) is 4.74. The van der Waals surface area contributed by atoms with Crippen molar-refractivity contribution >= 4 is 23.2 Å². The van der Waals surface area contributed by atoms with Gasteiger partial charge in [-0.1, -0.05) is 11.6 Å². The topological polar surface area (TPSA) is 18.5 Å². The predicted molar refractivity (Wildman–Crippen MR) is 63.2 cm³/mol. The molecule has 0 N–H and O–H groups in total. The smallest absolute Gasteiger partial charge is 0.122 e. The van der Waals surface area contributed by atoms with Crippen molar-refractivity contribution in [2.24, 2.45) is 0 Å². The van der Waals surface area contributed by atoms with Crippen molar-refractivity contribution in [3.8, 4) is 5.75 Å². The summed E-state index contributed by atoms with van der Waals surface area (Å²) >= 11 is 11.3. The Morgan fingerprint density at radius 3 is 2.67 bits per heavy atom. The average Bonchev–Trinajstić information content (AvgIpc) is 2.20. The molecule has 0 saturated heterocycles. The zero-order valence-electron chi connectivity index (χ0n) is 8.63. The largest absolute Gasteiger partial charge is 0.491 e. The Labute approximate surface area is 100 Å². The summed E-state index contributed by atoms with van der Waals surface area (Å²) in [6, 6.07) is 5.54. The van der Waals surface area contributed by atoms with E-state index < -0.39 is 0 Å². The van der Waals surface area contributed by atoms with Gasteiger partial charge in [0, 0.05) is 10.9 Å². The second-order valence-electron chi connectivity index (χ2n) is 3.06. The highest BCUT2D eigenvalue weighted by Gasteiger charge is 1.99. The van der Waals surface area contributed by atoms with Crippen molar-refractivity contribution in [2.75, 3.05) is 25.7 Å². The first kappa shape index (κ1) is 12.6. The van der Waals surface area contributed by atoms with Crippen molar-refractivity contribution in [2.45, 2.75) is 6.92 Å². The van der Waals surface area contributed by atoms with Gasteiger partial charge in [0.1, 0.15) is 12.4 Å². The molecule has 0 spiro atoms. The van der Waals surface area contributed by atoms with Crippen LogP contribution in [-0.4, -0.2) is 25.7 Å². The predicted octanol–water partition coefficient (Wildman–Crippen LogP) is 3.28. The maximum absolute atomic E-state index is 5.82. The molecule has 0 amide bonds. The van der Waals surface area contributed by atoms with E-state index in [-0.39, 0.29) is 0 Å². The number of halogens is 2. The number of ether oxygens (including phenoxy) is 2. The molecule has 1 rings (SSSR count). The number of aryl methyl sites for hydroxylation is 1. The van der Waals surface area contributed by atoms with Crippen LogP contribution in [-0.2, 0) is 4.74 Å². The van der Waals surface area contributed by atoms with Gasteiger partial charge in [0.2, 0.25) is 0 Å². The van der Waals surface area contributed by atoms with Gasteiger partial charge in [-0.2, -0.15) is 0 Å². The van der Waals surface area contributed by atoms with E-state index in [1.807, 2.05) is 25.1 Å². The summed E-state index contributed by atoms with van der Waals surface area (Å²) in [7, 11) is 0. The lowest BCUT2D eigenvalue weighted by Gasteiger charge is -2.09. The Morgan fingerprint density at radius 1 is 1.20 bits per heavy atom. The number of rotatable bonds is 6. The monoisotopic (exact) mass is 248 g/mol. The van der Waals surface area contributed by atoms with E-state index >= 15 is 0 Å². The second kappa shape index (κ2) is 6.94. The van der Waals surface area contributed by atoms with Crippen molar-refractivity contribution in [1.82, 2.24) is 0 Å². The molecular formula is C11H14Cl2O2. The quantitative estimate of drug-likeness (QED) is 0.569. The first-order valence-corrected chi connectivity index (χ1v) is 5.68. The Kier molecular flexibility index (Phi) is 5.84. The fourth-order valence-electron chi connectivity index (χ4n) is 1.14. The van der Waals surface area contributed by atoms with Gasteiger partial charge in [-0.15, -0.1) is 11.6 Å². The summed E-state index contributed by atoms with van der Waals surface area (Å²) in [5.74, 6) is 1.36. The average molecular weight is 249 g/mol. The zero-order valence-corrected chi connectivity index (χ0v) is 10.1. The summed E-state index contributed by atoms with van der Waals surface area (Å²) in [4.78, 5) is 0. The molecule has 0 bridgehead atoms. The van der Waals surface area contributed by atoms with Gasteiger partial charge >= 0.3 is 0 Å². The molecule has 84 valence electrons. The van der Waals surface area contributed by atoms with E-state index in [0.717, 1.165) is 16.3 Å². The molecule has 0 unspecified atom stereocenters. The molecule has 15 heavy (non-hydrogen) atoms. The molecule has 0 aromatic heterocycles. The highest BCUT2D eigenvalue weighted by atomic mass is 35.5. The second-order valence-corrected chi connectivity index (χ2v) is 3.87. The fraction of sp³-hybridized carbons (Fsp3) is 0.455. The Hall–Kier alpha value is -0.440. The minimum absolute atomic E-state index is 0.514. The Balaban J connectivity index is 2.31. The molecule has 1 aromatic rings. The SMILES string of the molecule is Cc1cc(Cl)ccc1OCCOCCCl. The third-order valence-corrected chi connectivity index (χ3v) is 2.23. The van der Waals surface area contributed by atoms with Gasteiger partial charge in [0.05, 0.1) is 13.2 Å². The van der Waals surface area contributed by atoms with Crippen LogP contribution in [0.2, 0.25) is 5.02 Å². The molecule has 0 aliphatic heterocycles. The van der Waals surface area contributed by atoms with Crippen LogP contribution in [0.5, 0.6) is 5.75 Å². The molecule has 0 radical (unpaired) electrons. The van der Waals surface area contributed by atoms with Crippen molar-refractivity contribution in [1.29, 1.82) is 0 Å². The zero-order chi connectivity index (χ0) is 11.1. The maximum atomic E-state index is 5.82. The first-order chi connectivity index (χ1) is 7.24. The van der Waals surface area contributed by atoms with E-state index in [1.54, 1.807) is 0 Å². The van der Waals surface area contributed by atoms with E-state index in [9.17, 15) is 0 Å². The maximum Gasteiger partial charge on any atom is 0.122 e. The lowest BCUT2D eigenvalue weighted by atomic mass is 10.2. The highest BCUT2D eigenvalue weighted by molar-refractivity contribution is 6.30. The Morgan fingerprint density at radius 2 is 2.00 bits per heavy atom. The molecule has 0 saturated carbocycles. The molecule has 0 fully saturated rings. The summed E-state index contributed by atoms with van der Waals surface area (Å²) in [6.07, 6.45) is 0. The van der Waals surface area contributed by atoms with Crippen LogP contribution in [0.1, 0.15) is 5.56 Å². The Bertz CT molecular complexity index is 303. The molecule has 0 aliphatic carbocycles. The highest BCUT2D eigenvalue weighted by Crippen LogP contribution is 2.21. The molecular weight excluding hydrogens is 235 g/mol. The van der Waals surface area contributed by atoms with E-state index in [4.69, 9.17) is 32.7 Å². The summed E-state index contributed by atoms with van der Waals surface area (Å²) in [5, 5.41) is 0.721. The van der Waals surface area contributed by atoms with Gasteiger partial charge < -0.3 is 9.47 Å². The minimum Gasteiger partial charge on any atom is -0.491 e. The number of alkyl halides is 1. The van der Waals surface area contributed by atoms with Gasteiger partial charge in [-0.05, 0) is 30.7 Å². The van der Waals surface area contributed by atoms with E-state index in [2.05, 4.69) is 0 Å². The van der Waals surface area contributed by atoms with Crippen molar-refractivity contribution in [3.63, 3.8) is 0 Å². The van der Waals surface area contributed by atoms with Crippen LogP contribution in [0.25, 0.3) is 0 Å². The van der Waals surface area contributed by atoms with Crippen LogP contribution >= 0.6 is 23.2 Å². The fourth-order valence-corrected chi connectivity index (χ4v) is 1.48. The van der Waals surface area contributed by atoms with Crippen LogP contribution in [0, 0.1) is 6.92 Å². The number of benzene rings is 1. The molecule has 0 atom stereocenters. The van der Waals surface area contributed by atoms with E-state index in [1.165, 1.54) is 0 Å². The van der Waals surface area contributed by atoms with Gasteiger partial charge in [0.25, 0.3) is 0 Å². The third-order valence-electron chi connectivity index (χ3n) is 1.84. The molecule has 2 nitrogen and oxygen atoms in total. The van der Waals surface area contributed by atoms with Crippen LogP contribution in [0.4, 0.5) is 0 Å². The van der Waals surface area contributed by atoms with Gasteiger partial charge in [-0.3, -0.25) is 0 Å². The summed E-state index contributed by atoms with van der Waals surface area (Å²) < 4.78 is 10.7. The molecule has 4 heteroatoms. The summed E-state index contributed by atoms with van der Waals surface area (Å²) in [5.41, 5.74) is 1.03. The van der Waals surface area contributed by atoms with E-state index in [0.29, 0.717) is 25.7 Å². The normalized spacial score (nSPS) is 10.3. The lowest BCUT2D eigenvalue weighted by molar-refractivity contribution is 0.111. The lowest BCUT2D eigenvalue weighted by Crippen LogP contribution is -2.08. The van der Waals surface area contributed by atoms with Gasteiger partial charge in [-0.25, -0.2) is 0 Å². The minimum atomic E-state index is 0.514. The number of hydrogen-bond acceptors (Lipinski definition) is 2. The first-order valence-electron chi connectivity index (χ1n) is 4.76. The summed E-state index contributed by atoms with van der Waals surface area (Å²) in [6.45, 7) is 3.60. The van der Waals surface area contributed by atoms with Crippen LogP contribution in [0.3, 0.4) is 0 Å². The van der Waals surface area contributed by atoms with Crippen LogP contribution < -0.4 is 4.74 Å². The van der Waals surface area contributed by atoms with Gasteiger partial charge in [0.15, 0.2) is 0 Å². The number of hydrogen-bond donors (Lipinski definition) is 0. The van der Waals surface area contributed by atoms with Crippen molar-refractivity contribution in [3.05, 3.63) is 28.8 Å². The molecule has 0 heterocycles. The standard InChI is InChI=1S/C11H14Cl2O2/c1-9-8-10(13)2-3-11(9)15-7-6-14-5-4-12/h2-3,8H,4-7H2,1H3. The van der Waals surface area contributed by atoms with Crippen LogP contribution in [0.15, 0.2) is 18.2 Å². The molecule has 1 aromatic carbocycles. The molecule has 0 aliphatic rings. The van der Waals surface area contributed by atoms with Crippen molar-refractivity contribution < 1.29 is 9.47 Å².